The lowest BCUT2D eigenvalue weighted by atomic mass is 10.0. The van der Waals surface area contributed by atoms with E-state index in [4.69, 9.17) is 16.6 Å². The fourth-order valence-electron chi connectivity index (χ4n) is 4.47. The molecule has 2 aliphatic heterocycles. The van der Waals surface area contributed by atoms with E-state index in [0.717, 1.165) is 33.8 Å². The van der Waals surface area contributed by atoms with Crippen LogP contribution in [0.25, 0.3) is 22.6 Å². The molecule has 5 rings (SSSR count). The van der Waals surface area contributed by atoms with Gasteiger partial charge in [-0.1, -0.05) is 17.7 Å². The van der Waals surface area contributed by atoms with Gasteiger partial charge in [0, 0.05) is 47.9 Å². The number of carbonyl (C=O) groups is 3. The first-order valence-corrected chi connectivity index (χ1v) is 10.8. The summed E-state index contributed by atoms with van der Waals surface area (Å²) in [4.78, 5) is 43.0. The van der Waals surface area contributed by atoms with Crippen LogP contribution in [0.5, 0.6) is 0 Å². The zero-order valence-corrected chi connectivity index (χ0v) is 18.4. The average Bonchev–Trinajstić information content (AvgIpc) is 3.28. The molecular weight excluding hydrogens is 428 g/mol. The summed E-state index contributed by atoms with van der Waals surface area (Å²) in [6.07, 6.45) is 2.55. The molecule has 2 aromatic carbocycles. The third-order valence-electron chi connectivity index (χ3n) is 6.13. The van der Waals surface area contributed by atoms with E-state index in [9.17, 15) is 14.4 Å². The summed E-state index contributed by atoms with van der Waals surface area (Å²) in [6, 6.07) is 10.7. The molecule has 3 aromatic rings. The number of rotatable bonds is 3. The third kappa shape index (κ3) is 3.39. The first-order chi connectivity index (χ1) is 15.3. The molecule has 0 spiro atoms. The van der Waals surface area contributed by atoms with Crippen molar-refractivity contribution in [2.45, 2.75) is 32.4 Å². The number of aryl methyl sites for hydroxylation is 2. The minimum Gasteiger partial charge on any atom is -0.333 e. The Balaban J connectivity index is 1.45. The molecule has 7 nitrogen and oxygen atoms in total. The topological polar surface area (TPSA) is 84.3 Å². The number of halogens is 1. The molecule has 3 amide bonds. The monoisotopic (exact) mass is 448 g/mol. The summed E-state index contributed by atoms with van der Waals surface area (Å²) in [5.74, 6) is -0.0506. The number of imidazole rings is 1. The SMILES string of the molecule is Cc1cc(Cl)ccc1-c1nc(-c2ccc3c(c2)CN(C2CCC(=O)NC2=O)C3=O)cn1C. The zero-order chi connectivity index (χ0) is 22.6. The number of carbonyl (C=O) groups excluding carboxylic acids is 3. The van der Waals surface area contributed by atoms with E-state index < -0.39 is 11.9 Å². The van der Waals surface area contributed by atoms with Gasteiger partial charge in [-0.2, -0.15) is 0 Å². The fraction of sp³-hybridized carbons (Fsp3) is 0.250. The summed E-state index contributed by atoms with van der Waals surface area (Å²) in [7, 11) is 1.95. The molecule has 0 radical (unpaired) electrons. The van der Waals surface area contributed by atoms with E-state index in [2.05, 4.69) is 5.32 Å². The van der Waals surface area contributed by atoms with Crippen LogP contribution in [0.15, 0.2) is 42.6 Å². The van der Waals surface area contributed by atoms with E-state index in [1.165, 1.54) is 0 Å². The van der Waals surface area contributed by atoms with Crippen molar-refractivity contribution in [3.63, 3.8) is 0 Å². The fourth-order valence-corrected chi connectivity index (χ4v) is 4.69. The smallest absolute Gasteiger partial charge is 0.255 e. The summed E-state index contributed by atoms with van der Waals surface area (Å²) < 4.78 is 1.97. The van der Waals surface area contributed by atoms with Crippen molar-refractivity contribution < 1.29 is 14.4 Å². The Morgan fingerprint density at radius 1 is 1.09 bits per heavy atom. The molecule has 1 aromatic heterocycles. The van der Waals surface area contributed by atoms with Crippen LogP contribution in [-0.4, -0.2) is 38.2 Å². The number of piperidine rings is 1. The number of imide groups is 1. The largest absolute Gasteiger partial charge is 0.333 e. The van der Waals surface area contributed by atoms with Crippen LogP contribution < -0.4 is 5.32 Å². The van der Waals surface area contributed by atoms with Crippen LogP contribution >= 0.6 is 11.6 Å². The molecule has 0 bridgehead atoms. The van der Waals surface area contributed by atoms with Gasteiger partial charge in [-0.25, -0.2) is 4.98 Å². The first kappa shape index (κ1) is 20.5. The molecule has 32 heavy (non-hydrogen) atoms. The number of nitrogens with one attached hydrogen (secondary N) is 1. The molecule has 1 N–H and O–H groups in total. The lowest BCUT2D eigenvalue weighted by molar-refractivity contribution is -0.136. The van der Waals surface area contributed by atoms with Crippen LogP contribution in [0.1, 0.15) is 34.3 Å². The maximum absolute atomic E-state index is 12.9. The highest BCUT2D eigenvalue weighted by atomic mass is 35.5. The quantitative estimate of drug-likeness (QED) is 0.622. The van der Waals surface area contributed by atoms with Gasteiger partial charge in [-0.05, 0) is 54.8 Å². The maximum Gasteiger partial charge on any atom is 0.255 e. The Labute approximate surface area is 190 Å². The minimum absolute atomic E-state index is 0.181. The molecule has 3 heterocycles. The highest BCUT2D eigenvalue weighted by molar-refractivity contribution is 6.30. The summed E-state index contributed by atoms with van der Waals surface area (Å²) >= 11 is 6.09. The molecule has 2 aliphatic rings. The summed E-state index contributed by atoms with van der Waals surface area (Å²) in [5.41, 5.74) is 5.18. The Morgan fingerprint density at radius 3 is 2.62 bits per heavy atom. The maximum atomic E-state index is 12.9. The van der Waals surface area contributed by atoms with Crippen molar-refractivity contribution in [1.29, 1.82) is 0 Å². The van der Waals surface area contributed by atoms with Crippen LogP contribution in [0.2, 0.25) is 5.02 Å². The summed E-state index contributed by atoms with van der Waals surface area (Å²) in [5, 5.41) is 3.02. The molecular formula is C24H21ClN4O3. The van der Waals surface area contributed by atoms with Gasteiger partial charge in [0.1, 0.15) is 11.9 Å². The van der Waals surface area contributed by atoms with Gasteiger partial charge in [0.15, 0.2) is 0 Å². The van der Waals surface area contributed by atoms with E-state index in [1.54, 1.807) is 11.0 Å². The number of aromatic nitrogens is 2. The van der Waals surface area contributed by atoms with E-state index >= 15 is 0 Å². The zero-order valence-electron chi connectivity index (χ0n) is 17.7. The Kier molecular flexibility index (Phi) is 4.86. The second-order valence-corrected chi connectivity index (χ2v) is 8.73. The summed E-state index contributed by atoms with van der Waals surface area (Å²) in [6.45, 7) is 2.34. The van der Waals surface area contributed by atoms with E-state index in [-0.39, 0.29) is 18.2 Å². The molecule has 162 valence electrons. The second-order valence-electron chi connectivity index (χ2n) is 8.29. The van der Waals surface area contributed by atoms with Crippen molar-refractivity contribution in [2.75, 3.05) is 0 Å². The van der Waals surface area contributed by atoms with E-state index in [0.29, 0.717) is 23.6 Å². The van der Waals surface area contributed by atoms with Crippen molar-refractivity contribution in [1.82, 2.24) is 19.8 Å². The Morgan fingerprint density at radius 2 is 1.88 bits per heavy atom. The predicted octanol–water partition coefficient (Wildman–Crippen LogP) is 3.48. The number of fused-ring (bicyclic) bond motifs is 1. The number of nitrogens with zero attached hydrogens (tertiary/aromatic N) is 3. The standard InChI is InChI=1S/C24H21ClN4O3/c1-13-9-16(25)4-6-17(13)22-26-19(12-28(22)2)14-3-5-18-15(10-14)11-29(24(18)32)20-7-8-21(30)27-23(20)31/h3-6,9-10,12,20H,7-8,11H2,1-2H3,(H,27,30,31). The Bertz CT molecular complexity index is 1300. The molecule has 0 aliphatic carbocycles. The molecule has 8 heteroatoms. The second kappa shape index (κ2) is 7.60. The van der Waals surface area contributed by atoms with Crippen molar-refractivity contribution in [3.05, 3.63) is 64.3 Å². The normalized spacial score (nSPS) is 18.2. The number of hydrogen-bond acceptors (Lipinski definition) is 4. The van der Waals surface area contributed by atoms with Gasteiger partial charge in [-0.15, -0.1) is 0 Å². The van der Waals surface area contributed by atoms with Gasteiger partial charge in [0.2, 0.25) is 11.8 Å². The molecule has 1 unspecified atom stereocenters. The third-order valence-corrected chi connectivity index (χ3v) is 6.36. The average molecular weight is 449 g/mol. The van der Waals surface area contributed by atoms with Gasteiger partial charge in [0.25, 0.3) is 5.91 Å². The molecule has 1 atom stereocenters. The van der Waals surface area contributed by atoms with Crippen LogP contribution in [0, 0.1) is 6.92 Å². The van der Waals surface area contributed by atoms with Crippen LogP contribution in [0.3, 0.4) is 0 Å². The highest BCUT2D eigenvalue weighted by Gasteiger charge is 2.39. The Hall–Kier alpha value is -3.45. The number of amides is 3. The molecule has 1 fully saturated rings. The van der Waals surface area contributed by atoms with Gasteiger partial charge in [-0.3, -0.25) is 19.7 Å². The van der Waals surface area contributed by atoms with Gasteiger partial charge < -0.3 is 9.47 Å². The minimum atomic E-state index is -0.620. The molecule has 1 saturated heterocycles. The molecule has 0 saturated carbocycles. The number of benzene rings is 2. The predicted molar refractivity (Wildman–Crippen MR) is 120 cm³/mol. The van der Waals surface area contributed by atoms with Crippen molar-refractivity contribution in [2.24, 2.45) is 7.05 Å². The number of hydrogen-bond donors (Lipinski definition) is 1. The van der Waals surface area contributed by atoms with Gasteiger partial charge >= 0.3 is 0 Å². The van der Waals surface area contributed by atoms with Crippen molar-refractivity contribution >= 4 is 29.3 Å². The van der Waals surface area contributed by atoms with Crippen molar-refractivity contribution in [3.8, 4) is 22.6 Å². The van der Waals surface area contributed by atoms with E-state index in [1.807, 2.05) is 55.1 Å². The first-order valence-electron chi connectivity index (χ1n) is 10.4. The lowest BCUT2D eigenvalue weighted by Crippen LogP contribution is -2.52. The van der Waals surface area contributed by atoms with Crippen LogP contribution in [0.4, 0.5) is 0 Å². The van der Waals surface area contributed by atoms with Crippen LogP contribution in [-0.2, 0) is 23.2 Å². The highest BCUT2D eigenvalue weighted by Crippen LogP contribution is 2.32. The lowest BCUT2D eigenvalue weighted by Gasteiger charge is -2.29. The van der Waals surface area contributed by atoms with Gasteiger partial charge in [0.05, 0.1) is 5.69 Å².